The van der Waals surface area contributed by atoms with E-state index in [2.05, 4.69) is 15.1 Å². The maximum Gasteiger partial charge on any atom is 0.347 e. The average molecular weight is 336 g/mol. The van der Waals surface area contributed by atoms with Gasteiger partial charge in [-0.15, -0.1) is 5.10 Å². The summed E-state index contributed by atoms with van der Waals surface area (Å²) in [5.41, 5.74) is 2.21. The summed E-state index contributed by atoms with van der Waals surface area (Å²) in [7, 11) is 0. The van der Waals surface area contributed by atoms with Crippen LogP contribution >= 0.6 is 11.8 Å². The number of carbonyl (C=O) groups excluding carboxylic acids is 2. The van der Waals surface area contributed by atoms with E-state index in [1.807, 2.05) is 20.1 Å². The lowest BCUT2D eigenvalue weighted by Gasteiger charge is -2.12. The van der Waals surface area contributed by atoms with Gasteiger partial charge in [0.1, 0.15) is 0 Å². The van der Waals surface area contributed by atoms with Crippen molar-refractivity contribution in [3.63, 3.8) is 0 Å². The number of nitrogens with zero attached hydrogens (tertiary/aromatic N) is 4. The molecule has 0 saturated carbocycles. The van der Waals surface area contributed by atoms with E-state index in [4.69, 9.17) is 9.47 Å². The lowest BCUT2D eigenvalue weighted by Crippen LogP contribution is -2.24. The zero-order chi connectivity index (χ0) is 16.6. The lowest BCUT2D eigenvalue weighted by molar-refractivity contribution is -0.159. The Kier molecular flexibility index (Phi) is 4.20. The first-order valence-corrected chi connectivity index (χ1v) is 8.35. The molecule has 3 heterocycles. The number of hydrogen-bond donors (Lipinski definition) is 0. The molecule has 0 spiro atoms. The van der Waals surface area contributed by atoms with Gasteiger partial charge in [-0.3, -0.25) is 4.79 Å². The molecular formula is C14H16N4O4S. The Morgan fingerprint density at radius 1 is 1.43 bits per heavy atom. The molecular weight excluding hydrogens is 320 g/mol. The first-order chi connectivity index (χ1) is 11.0. The Morgan fingerprint density at radius 3 is 2.87 bits per heavy atom. The van der Waals surface area contributed by atoms with Gasteiger partial charge in [-0.1, -0.05) is 11.8 Å². The minimum atomic E-state index is -0.797. The third-order valence-corrected chi connectivity index (χ3v) is 4.23. The van der Waals surface area contributed by atoms with Gasteiger partial charge in [-0.05, 0) is 20.1 Å². The summed E-state index contributed by atoms with van der Waals surface area (Å²) < 4.78 is 11.6. The van der Waals surface area contributed by atoms with E-state index in [0.717, 1.165) is 11.3 Å². The Hall–Kier alpha value is -2.16. The van der Waals surface area contributed by atoms with Crippen LogP contribution in [-0.4, -0.2) is 50.5 Å². The highest BCUT2D eigenvalue weighted by molar-refractivity contribution is 7.98. The minimum absolute atomic E-state index is 0.0266. The largest absolute Gasteiger partial charge is 0.463 e. The molecule has 23 heavy (non-hydrogen) atoms. The van der Waals surface area contributed by atoms with Crippen molar-refractivity contribution in [1.82, 2.24) is 19.6 Å². The molecule has 1 atom stereocenters. The molecule has 2 aromatic rings. The van der Waals surface area contributed by atoms with Crippen LogP contribution in [0.5, 0.6) is 0 Å². The number of carbonyl (C=O) groups is 2. The van der Waals surface area contributed by atoms with Gasteiger partial charge in [-0.2, -0.15) is 4.98 Å². The molecule has 1 saturated heterocycles. The predicted molar refractivity (Wildman–Crippen MR) is 81.2 cm³/mol. The van der Waals surface area contributed by atoms with Crippen LogP contribution in [0.1, 0.15) is 23.4 Å². The van der Waals surface area contributed by atoms with Crippen LogP contribution in [-0.2, 0) is 25.5 Å². The summed E-state index contributed by atoms with van der Waals surface area (Å²) in [6.45, 7) is 3.96. The van der Waals surface area contributed by atoms with Crippen LogP contribution in [0.3, 0.4) is 0 Å². The number of rotatable bonds is 4. The molecule has 0 aliphatic carbocycles. The van der Waals surface area contributed by atoms with Crippen LogP contribution in [0.2, 0.25) is 0 Å². The highest BCUT2D eigenvalue weighted by Gasteiger charge is 2.30. The number of hydrogen-bond acceptors (Lipinski definition) is 8. The first-order valence-electron chi connectivity index (χ1n) is 7.12. The molecule has 1 fully saturated rings. The molecule has 122 valence electrons. The molecule has 0 unspecified atom stereocenters. The van der Waals surface area contributed by atoms with Crippen molar-refractivity contribution in [3.05, 3.63) is 17.0 Å². The van der Waals surface area contributed by atoms with Gasteiger partial charge < -0.3 is 9.47 Å². The lowest BCUT2D eigenvalue weighted by atomic mass is 10.1. The van der Waals surface area contributed by atoms with E-state index in [0.29, 0.717) is 29.7 Å². The number of cyclic esters (lactones) is 1. The molecule has 1 aliphatic rings. The summed E-state index contributed by atoms with van der Waals surface area (Å²) in [4.78, 5) is 32.2. The van der Waals surface area contributed by atoms with Crippen LogP contribution in [0.15, 0.2) is 5.16 Å². The summed E-state index contributed by atoms with van der Waals surface area (Å²) >= 11 is 1.42. The van der Waals surface area contributed by atoms with Gasteiger partial charge >= 0.3 is 11.9 Å². The number of aromatic nitrogens is 4. The maximum absolute atomic E-state index is 12.1. The van der Waals surface area contributed by atoms with Crippen LogP contribution in [0.4, 0.5) is 0 Å². The molecule has 1 aliphatic heterocycles. The normalized spacial score (nSPS) is 17.5. The number of esters is 2. The molecule has 2 aromatic heterocycles. The zero-order valence-electron chi connectivity index (χ0n) is 13.0. The molecule has 0 N–H and O–H groups in total. The summed E-state index contributed by atoms with van der Waals surface area (Å²) in [5, 5.41) is 4.95. The molecule has 3 rings (SSSR count). The highest BCUT2D eigenvalue weighted by atomic mass is 32.2. The molecule has 9 heteroatoms. The van der Waals surface area contributed by atoms with Gasteiger partial charge in [-0.25, -0.2) is 14.3 Å². The Labute approximate surface area is 136 Å². The number of fused-ring (bicyclic) bond motifs is 1. The van der Waals surface area contributed by atoms with Gasteiger partial charge in [0.05, 0.1) is 13.0 Å². The van der Waals surface area contributed by atoms with Crippen molar-refractivity contribution in [2.45, 2.75) is 37.9 Å². The quantitative estimate of drug-likeness (QED) is 0.599. The van der Waals surface area contributed by atoms with E-state index in [9.17, 15) is 9.59 Å². The van der Waals surface area contributed by atoms with E-state index in [1.165, 1.54) is 11.8 Å². The van der Waals surface area contributed by atoms with Crippen molar-refractivity contribution >= 4 is 29.5 Å². The third-order valence-electron chi connectivity index (χ3n) is 3.69. The van der Waals surface area contributed by atoms with Crippen molar-refractivity contribution in [1.29, 1.82) is 0 Å². The molecule has 0 aromatic carbocycles. The Morgan fingerprint density at radius 2 is 2.22 bits per heavy atom. The van der Waals surface area contributed by atoms with Crippen molar-refractivity contribution in [2.75, 3.05) is 12.9 Å². The third kappa shape index (κ3) is 3.00. The van der Waals surface area contributed by atoms with Gasteiger partial charge in [0.15, 0.2) is 0 Å². The van der Waals surface area contributed by atoms with Crippen LogP contribution in [0.25, 0.3) is 5.78 Å². The topological polar surface area (TPSA) is 95.7 Å². The van der Waals surface area contributed by atoms with Crippen molar-refractivity contribution < 1.29 is 19.1 Å². The minimum Gasteiger partial charge on any atom is -0.463 e. The SMILES string of the molecule is CSc1nc2nc(C)c(CC(=O)O[C@H]3CCOC3=O)c(C)n2n1. The van der Waals surface area contributed by atoms with Gasteiger partial charge in [0, 0.05) is 23.4 Å². The van der Waals surface area contributed by atoms with Gasteiger partial charge in [0.2, 0.25) is 11.3 Å². The monoisotopic (exact) mass is 336 g/mol. The first kappa shape index (κ1) is 15.7. The standard InChI is InChI=1S/C14H16N4O4S/c1-7-9(6-11(19)22-10-4-5-21-12(10)20)8(2)18-13(15-7)16-14(17-18)23-3/h10H,4-6H2,1-3H3/t10-/m0/s1. The second-order valence-corrected chi connectivity index (χ2v) is 5.96. The van der Waals surface area contributed by atoms with E-state index in [1.54, 1.807) is 4.52 Å². The maximum atomic E-state index is 12.1. The zero-order valence-corrected chi connectivity index (χ0v) is 13.8. The number of aryl methyl sites for hydroxylation is 2. The van der Waals surface area contributed by atoms with Gasteiger partial charge in [0.25, 0.3) is 5.78 Å². The fourth-order valence-corrected chi connectivity index (χ4v) is 2.80. The van der Waals surface area contributed by atoms with Crippen molar-refractivity contribution in [3.8, 4) is 0 Å². The highest BCUT2D eigenvalue weighted by Crippen LogP contribution is 2.18. The summed E-state index contributed by atoms with van der Waals surface area (Å²) in [5.74, 6) is -0.464. The van der Waals surface area contributed by atoms with E-state index >= 15 is 0 Å². The second-order valence-electron chi connectivity index (χ2n) is 5.18. The molecule has 0 bridgehead atoms. The summed E-state index contributed by atoms with van der Waals surface area (Å²) in [6.07, 6.45) is 1.52. The molecule has 0 radical (unpaired) electrons. The second kappa shape index (κ2) is 6.15. The fraction of sp³-hybridized carbons (Fsp3) is 0.500. The van der Waals surface area contributed by atoms with Crippen LogP contribution < -0.4 is 0 Å². The smallest absolute Gasteiger partial charge is 0.347 e. The fourth-order valence-electron chi connectivity index (χ4n) is 2.46. The molecule has 8 nitrogen and oxygen atoms in total. The number of thioether (sulfide) groups is 1. The van der Waals surface area contributed by atoms with E-state index in [-0.39, 0.29) is 6.42 Å². The predicted octanol–water partition coefficient (Wildman–Crippen LogP) is 0.864. The number of ether oxygens (including phenoxy) is 2. The summed E-state index contributed by atoms with van der Waals surface area (Å²) in [6, 6.07) is 0. The van der Waals surface area contributed by atoms with E-state index < -0.39 is 18.0 Å². The Bertz CT molecular complexity index is 789. The Balaban J connectivity index is 1.84. The average Bonchev–Trinajstić information content (AvgIpc) is 3.10. The molecule has 0 amide bonds. The van der Waals surface area contributed by atoms with Crippen LogP contribution in [0, 0.1) is 13.8 Å². The van der Waals surface area contributed by atoms with Crippen molar-refractivity contribution in [2.24, 2.45) is 0 Å².